The van der Waals surface area contributed by atoms with Crippen LogP contribution >= 0.6 is 0 Å². The first kappa shape index (κ1) is 10.7. The molecule has 0 saturated heterocycles. The quantitative estimate of drug-likeness (QED) is 0.423. The first-order valence-corrected chi connectivity index (χ1v) is 4.44. The van der Waals surface area contributed by atoms with Gasteiger partial charge in [-0.25, -0.2) is 0 Å². The fraction of sp³-hybridized carbons (Fsp3) is 0.800. The molecule has 0 amide bonds. The summed E-state index contributed by atoms with van der Waals surface area (Å²) in [7, 11) is 6.76. The van der Waals surface area contributed by atoms with Crippen molar-refractivity contribution in [2.45, 2.75) is 32.2 Å². The van der Waals surface area contributed by atoms with Gasteiger partial charge in [0.05, 0.1) is 27.2 Å². The number of hydrogen-bond acceptors (Lipinski definition) is 0. The minimum atomic E-state index is 0.748. The SMILES string of the molecule is C=CCC(CCC)[N+](C)(C)C. The molecule has 0 bridgehead atoms. The molecule has 0 rings (SSSR count). The van der Waals surface area contributed by atoms with Crippen molar-refractivity contribution < 1.29 is 4.48 Å². The van der Waals surface area contributed by atoms with Crippen LogP contribution in [0.15, 0.2) is 12.7 Å². The summed E-state index contributed by atoms with van der Waals surface area (Å²) in [5, 5.41) is 0. The lowest BCUT2D eigenvalue weighted by atomic mass is 10.1. The zero-order valence-electron chi connectivity index (χ0n) is 8.43. The maximum atomic E-state index is 3.79. The van der Waals surface area contributed by atoms with E-state index in [4.69, 9.17) is 0 Å². The topological polar surface area (TPSA) is 0 Å². The van der Waals surface area contributed by atoms with Crippen molar-refractivity contribution in [2.75, 3.05) is 21.1 Å². The van der Waals surface area contributed by atoms with Crippen molar-refractivity contribution in [3.63, 3.8) is 0 Å². The molecule has 0 aliphatic rings. The van der Waals surface area contributed by atoms with E-state index in [2.05, 4.69) is 34.6 Å². The minimum Gasteiger partial charge on any atom is -0.328 e. The summed E-state index contributed by atoms with van der Waals surface area (Å²) in [6.45, 7) is 6.03. The van der Waals surface area contributed by atoms with Crippen molar-refractivity contribution in [3.05, 3.63) is 12.7 Å². The van der Waals surface area contributed by atoms with E-state index >= 15 is 0 Å². The van der Waals surface area contributed by atoms with Gasteiger partial charge in [-0.15, -0.1) is 6.58 Å². The van der Waals surface area contributed by atoms with Crippen LogP contribution in [0.5, 0.6) is 0 Å². The molecule has 0 N–H and O–H groups in total. The van der Waals surface area contributed by atoms with Crippen molar-refractivity contribution in [1.82, 2.24) is 0 Å². The molecule has 1 heteroatoms. The van der Waals surface area contributed by atoms with Crippen LogP contribution in [0.2, 0.25) is 0 Å². The molecule has 1 atom stereocenters. The summed E-state index contributed by atoms with van der Waals surface area (Å²) in [5.41, 5.74) is 0. The van der Waals surface area contributed by atoms with Gasteiger partial charge in [-0.05, 0) is 6.42 Å². The van der Waals surface area contributed by atoms with E-state index in [9.17, 15) is 0 Å². The van der Waals surface area contributed by atoms with Gasteiger partial charge in [0.15, 0.2) is 0 Å². The average Bonchev–Trinajstić information content (AvgIpc) is 1.85. The Labute approximate surface area is 71.3 Å². The zero-order valence-corrected chi connectivity index (χ0v) is 8.43. The predicted octanol–water partition coefficient (Wildman–Crippen LogP) is 2.44. The Bertz CT molecular complexity index is 111. The Hall–Kier alpha value is -0.300. The standard InChI is InChI=1S/C10H22N/c1-6-8-10(9-7-2)11(3,4)5/h6,10H,1,7-9H2,2-5H3/q+1. The van der Waals surface area contributed by atoms with E-state index in [1.165, 1.54) is 12.8 Å². The van der Waals surface area contributed by atoms with Crippen LogP contribution in [0.1, 0.15) is 26.2 Å². The lowest BCUT2D eigenvalue weighted by molar-refractivity contribution is -0.896. The lowest BCUT2D eigenvalue weighted by Crippen LogP contribution is -2.44. The molecule has 0 saturated carbocycles. The summed E-state index contributed by atoms with van der Waals surface area (Å²) in [6, 6.07) is 0.748. The molecular weight excluding hydrogens is 134 g/mol. The van der Waals surface area contributed by atoms with Gasteiger partial charge in [-0.3, -0.25) is 0 Å². The molecule has 11 heavy (non-hydrogen) atoms. The van der Waals surface area contributed by atoms with Gasteiger partial charge in [0.25, 0.3) is 0 Å². The van der Waals surface area contributed by atoms with Crippen molar-refractivity contribution in [1.29, 1.82) is 0 Å². The normalized spacial score (nSPS) is 14.5. The third-order valence-electron chi connectivity index (χ3n) is 2.16. The number of quaternary nitrogens is 1. The van der Waals surface area contributed by atoms with Crippen molar-refractivity contribution in [2.24, 2.45) is 0 Å². The fourth-order valence-electron chi connectivity index (χ4n) is 1.35. The van der Waals surface area contributed by atoms with E-state index in [1.54, 1.807) is 0 Å². The van der Waals surface area contributed by atoms with Crippen LogP contribution in [-0.4, -0.2) is 31.7 Å². The molecule has 1 nitrogen and oxygen atoms in total. The number of rotatable bonds is 5. The van der Waals surface area contributed by atoms with E-state index in [-0.39, 0.29) is 0 Å². The highest BCUT2D eigenvalue weighted by Crippen LogP contribution is 2.13. The van der Waals surface area contributed by atoms with Crippen LogP contribution < -0.4 is 0 Å². The average molecular weight is 156 g/mol. The highest BCUT2D eigenvalue weighted by atomic mass is 15.3. The van der Waals surface area contributed by atoms with Crippen LogP contribution in [0.4, 0.5) is 0 Å². The Kier molecular flexibility index (Phi) is 4.43. The molecule has 0 aromatic carbocycles. The number of nitrogens with zero attached hydrogens (tertiary/aromatic N) is 1. The van der Waals surface area contributed by atoms with Crippen LogP contribution in [0, 0.1) is 0 Å². The predicted molar refractivity (Wildman–Crippen MR) is 51.5 cm³/mol. The molecule has 66 valence electrons. The summed E-state index contributed by atoms with van der Waals surface area (Å²) in [5.74, 6) is 0. The largest absolute Gasteiger partial charge is 0.328 e. The van der Waals surface area contributed by atoms with Gasteiger partial charge < -0.3 is 4.48 Å². The second-order valence-corrected chi connectivity index (χ2v) is 4.08. The maximum Gasteiger partial charge on any atom is 0.0918 e. The first-order chi connectivity index (χ1) is 5.02. The smallest absolute Gasteiger partial charge is 0.0918 e. The molecule has 0 aliphatic carbocycles. The number of hydrogen-bond donors (Lipinski definition) is 0. The second-order valence-electron chi connectivity index (χ2n) is 4.08. The van der Waals surface area contributed by atoms with Gasteiger partial charge in [-0.1, -0.05) is 19.4 Å². The van der Waals surface area contributed by atoms with E-state index in [0.29, 0.717) is 0 Å². The lowest BCUT2D eigenvalue weighted by Gasteiger charge is -2.33. The Morgan fingerprint density at radius 1 is 1.36 bits per heavy atom. The fourth-order valence-corrected chi connectivity index (χ4v) is 1.35. The molecule has 0 radical (unpaired) electrons. The van der Waals surface area contributed by atoms with Crippen LogP contribution in [0.3, 0.4) is 0 Å². The third kappa shape index (κ3) is 4.20. The first-order valence-electron chi connectivity index (χ1n) is 4.44. The van der Waals surface area contributed by atoms with Crippen molar-refractivity contribution in [3.8, 4) is 0 Å². The van der Waals surface area contributed by atoms with E-state index < -0.39 is 0 Å². The van der Waals surface area contributed by atoms with Gasteiger partial charge in [0, 0.05) is 6.42 Å². The molecule has 0 aromatic rings. The van der Waals surface area contributed by atoms with Gasteiger partial charge in [0.2, 0.25) is 0 Å². The van der Waals surface area contributed by atoms with Crippen LogP contribution in [0.25, 0.3) is 0 Å². The molecule has 0 heterocycles. The zero-order chi connectivity index (χ0) is 8.91. The Morgan fingerprint density at radius 3 is 2.18 bits per heavy atom. The van der Waals surface area contributed by atoms with Gasteiger partial charge >= 0.3 is 0 Å². The Morgan fingerprint density at radius 2 is 1.91 bits per heavy atom. The summed E-state index contributed by atoms with van der Waals surface area (Å²) < 4.78 is 1.06. The highest BCUT2D eigenvalue weighted by molar-refractivity contribution is 4.73. The molecule has 0 aliphatic heterocycles. The maximum absolute atomic E-state index is 3.79. The third-order valence-corrected chi connectivity index (χ3v) is 2.16. The van der Waals surface area contributed by atoms with Crippen LogP contribution in [-0.2, 0) is 0 Å². The second kappa shape index (κ2) is 4.55. The Balaban J connectivity index is 3.97. The molecule has 0 spiro atoms. The van der Waals surface area contributed by atoms with Gasteiger partial charge in [-0.2, -0.15) is 0 Å². The minimum absolute atomic E-state index is 0.748. The van der Waals surface area contributed by atoms with Gasteiger partial charge in [0.1, 0.15) is 0 Å². The van der Waals surface area contributed by atoms with E-state index in [0.717, 1.165) is 16.9 Å². The monoisotopic (exact) mass is 156 g/mol. The molecule has 0 aromatic heterocycles. The summed E-state index contributed by atoms with van der Waals surface area (Å²) in [6.07, 6.45) is 5.74. The summed E-state index contributed by atoms with van der Waals surface area (Å²) >= 11 is 0. The summed E-state index contributed by atoms with van der Waals surface area (Å²) in [4.78, 5) is 0. The molecular formula is C10H22N+. The molecule has 1 unspecified atom stereocenters. The molecule has 0 fully saturated rings. The highest BCUT2D eigenvalue weighted by Gasteiger charge is 2.20. The van der Waals surface area contributed by atoms with Crippen molar-refractivity contribution >= 4 is 0 Å². The van der Waals surface area contributed by atoms with E-state index in [1.807, 2.05) is 6.08 Å².